The number of hydrogen-bond donors (Lipinski definition) is 1. The molecule has 0 amide bonds. The number of esters is 1. The molecule has 0 aliphatic rings. The third kappa shape index (κ3) is 4.26. The molecule has 0 spiro atoms. The quantitative estimate of drug-likeness (QED) is 0.833. The molecule has 128 valence electrons. The molecule has 0 fully saturated rings. The van der Waals surface area contributed by atoms with Crippen LogP contribution in [0.2, 0.25) is 0 Å². The molecule has 10 heteroatoms. The zero-order valence-corrected chi connectivity index (χ0v) is 12.9. The second-order valence-electron chi connectivity index (χ2n) is 4.41. The van der Waals surface area contributed by atoms with Gasteiger partial charge in [-0.25, -0.2) is 9.78 Å². The van der Waals surface area contributed by atoms with E-state index >= 15 is 0 Å². The fourth-order valence-corrected chi connectivity index (χ4v) is 2.07. The number of alkyl halides is 3. The number of halogens is 4. The summed E-state index contributed by atoms with van der Waals surface area (Å²) < 4.78 is 47.8. The molecule has 23 heavy (non-hydrogen) atoms. The summed E-state index contributed by atoms with van der Waals surface area (Å²) in [5.74, 6) is -0.817. The highest BCUT2D eigenvalue weighted by molar-refractivity contribution is 5.97. The molecule has 0 saturated heterocycles. The van der Waals surface area contributed by atoms with Crippen molar-refractivity contribution >= 4 is 29.3 Å². The minimum Gasteiger partial charge on any atom is -0.468 e. The number of methoxy groups -OCH3 is 1. The van der Waals surface area contributed by atoms with E-state index in [1.807, 2.05) is 0 Å². The number of carbonyl (C=O) groups is 1. The fourth-order valence-electron chi connectivity index (χ4n) is 2.07. The smallest absolute Gasteiger partial charge is 0.422 e. The van der Waals surface area contributed by atoms with Gasteiger partial charge in [0.15, 0.2) is 6.61 Å². The van der Waals surface area contributed by atoms with Crippen molar-refractivity contribution in [1.29, 1.82) is 0 Å². The lowest BCUT2D eigenvalue weighted by Crippen LogP contribution is -2.19. The molecule has 6 nitrogen and oxygen atoms in total. The standard InChI is InChI=1S/C13H14F3N3O3.ClH/c1-21-12(20)10-6-8-9(19(10)5-3-17)2-4-18-11(8)22-7-13(14,15)16;/h2,4,6H,3,5,7,17H2,1H3;1H. The molecule has 0 aliphatic carbocycles. The number of hydrogen-bond acceptors (Lipinski definition) is 5. The predicted octanol–water partition coefficient (Wildman–Crippen LogP) is 2.14. The van der Waals surface area contributed by atoms with Gasteiger partial charge in [0, 0.05) is 19.3 Å². The fraction of sp³-hybridized carbons (Fsp3) is 0.385. The van der Waals surface area contributed by atoms with E-state index in [2.05, 4.69) is 9.72 Å². The van der Waals surface area contributed by atoms with Crippen molar-refractivity contribution in [1.82, 2.24) is 9.55 Å². The molecule has 2 heterocycles. The van der Waals surface area contributed by atoms with E-state index in [9.17, 15) is 18.0 Å². The normalized spacial score (nSPS) is 11.2. The maximum atomic E-state index is 12.3. The Labute approximate surface area is 135 Å². The average Bonchev–Trinajstić information content (AvgIpc) is 2.83. The maximum Gasteiger partial charge on any atom is 0.422 e. The maximum absolute atomic E-state index is 12.3. The van der Waals surface area contributed by atoms with Gasteiger partial charge in [0.1, 0.15) is 5.69 Å². The summed E-state index contributed by atoms with van der Waals surface area (Å²) in [7, 11) is 1.21. The van der Waals surface area contributed by atoms with Gasteiger partial charge >= 0.3 is 12.1 Å². The predicted molar refractivity (Wildman–Crippen MR) is 78.9 cm³/mol. The molecule has 0 aliphatic heterocycles. The molecule has 2 N–H and O–H groups in total. The molecular formula is C13H15ClF3N3O3. The number of aromatic nitrogens is 2. The van der Waals surface area contributed by atoms with Crippen LogP contribution in [0.3, 0.4) is 0 Å². The topological polar surface area (TPSA) is 79.4 Å². The van der Waals surface area contributed by atoms with Gasteiger partial charge in [-0.1, -0.05) is 0 Å². The number of rotatable bonds is 5. The largest absolute Gasteiger partial charge is 0.468 e. The first-order chi connectivity index (χ1) is 10.4. The van der Waals surface area contributed by atoms with Gasteiger partial charge in [0.05, 0.1) is 18.0 Å². The van der Waals surface area contributed by atoms with Gasteiger partial charge in [-0.2, -0.15) is 13.2 Å². The first kappa shape index (κ1) is 19.0. The molecule has 0 unspecified atom stereocenters. The van der Waals surface area contributed by atoms with E-state index in [1.54, 1.807) is 10.6 Å². The van der Waals surface area contributed by atoms with Gasteiger partial charge in [-0.05, 0) is 12.1 Å². The Morgan fingerprint density at radius 3 is 2.70 bits per heavy atom. The molecule has 0 bridgehead atoms. The van der Waals surface area contributed by atoms with Crippen molar-refractivity contribution in [3.8, 4) is 5.88 Å². The van der Waals surface area contributed by atoms with E-state index in [1.165, 1.54) is 19.4 Å². The Morgan fingerprint density at radius 2 is 2.13 bits per heavy atom. The first-order valence-corrected chi connectivity index (χ1v) is 6.33. The van der Waals surface area contributed by atoms with Crippen molar-refractivity contribution in [2.24, 2.45) is 5.73 Å². The van der Waals surface area contributed by atoms with Crippen LogP contribution in [0.25, 0.3) is 10.9 Å². The Hall–Kier alpha value is -2.00. The van der Waals surface area contributed by atoms with Crippen molar-refractivity contribution in [2.75, 3.05) is 20.3 Å². The second kappa shape index (κ2) is 7.51. The zero-order chi connectivity index (χ0) is 16.3. The van der Waals surface area contributed by atoms with E-state index < -0.39 is 18.8 Å². The van der Waals surface area contributed by atoms with Gasteiger partial charge in [0.2, 0.25) is 5.88 Å². The Balaban J connectivity index is 0.00000264. The van der Waals surface area contributed by atoms with Crippen LogP contribution in [-0.4, -0.2) is 42.0 Å². The van der Waals surface area contributed by atoms with Gasteiger partial charge in [-0.15, -0.1) is 12.4 Å². The summed E-state index contributed by atoms with van der Waals surface area (Å²) in [4.78, 5) is 15.6. The zero-order valence-electron chi connectivity index (χ0n) is 12.1. The summed E-state index contributed by atoms with van der Waals surface area (Å²) in [5, 5.41) is 0.292. The molecule has 0 atom stereocenters. The monoisotopic (exact) mass is 353 g/mol. The molecule has 0 saturated carbocycles. The van der Waals surface area contributed by atoms with Gasteiger partial charge in [-0.3, -0.25) is 0 Å². The minimum absolute atomic E-state index is 0. The lowest BCUT2D eigenvalue weighted by Gasteiger charge is -2.10. The lowest BCUT2D eigenvalue weighted by atomic mass is 10.3. The van der Waals surface area contributed by atoms with Gasteiger partial charge < -0.3 is 19.8 Å². The molecular weight excluding hydrogens is 339 g/mol. The summed E-state index contributed by atoms with van der Waals surface area (Å²) >= 11 is 0. The van der Waals surface area contributed by atoms with E-state index in [-0.39, 0.29) is 30.5 Å². The molecule has 0 radical (unpaired) electrons. The summed E-state index contributed by atoms with van der Waals surface area (Å²) in [5.41, 5.74) is 6.18. The Bertz CT molecular complexity index is 688. The van der Waals surface area contributed by atoms with Crippen molar-refractivity contribution < 1.29 is 27.4 Å². The van der Waals surface area contributed by atoms with E-state index in [0.717, 1.165) is 0 Å². The Kier molecular flexibility index (Phi) is 6.22. The highest BCUT2D eigenvalue weighted by atomic mass is 35.5. The number of ether oxygens (including phenoxy) is 2. The van der Waals surface area contributed by atoms with Crippen LogP contribution in [0, 0.1) is 0 Å². The summed E-state index contributed by atoms with van der Waals surface area (Å²) in [6.07, 6.45) is -3.17. The number of nitrogens with zero attached hydrogens (tertiary/aromatic N) is 2. The molecule has 2 aromatic rings. The van der Waals surface area contributed by atoms with Gasteiger partial charge in [0.25, 0.3) is 0 Å². The first-order valence-electron chi connectivity index (χ1n) is 6.33. The van der Waals surface area contributed by atoms with Crippen LogP contribution in [-0.2, 0) is 11.3 Å². The van der Waals surface area contributed by atoms with Crippen molar-refractivity contribution in [2.45, 2.75) is 12.7 Å². The third-order valence-electron chi connectivity index (χ3n) is 2.91. The second-order valence-corrected chi connectivity index (χ2v) is 4.41. The van der Waals surface area contributed by atoms with Crippen LogP contribution in [0.15, 0.2) is 18.3 Å². The Morgan fingerprint density at radius 1 is 1.43 bits per heavy atom. The highest BCUT2D eigenvalue weighted by Crippen LogP contribution is 2.28. The summed E-state index contributed by atoms with van der Waals surface area (Å²) in [6, 6.07) is 2.95. The van der Waals surface area contributed by atoms with Crippen LogP contribution in [0.4, 0.5) is 13.2 Å². The molecule has 2 rings (SSSR count). The van der Waals surface area contributed by atoms with E-state index in [0.29, 0.717) is 17.4 Å². The average molecular weight is 354 g/mol. The van der Waals surface area contributed by atoms with Crippen LogP contribution in [0.5, 0.6) is 5.88 Å². The highest BCUT2D eigenvalue weighted by Gasteiger charge is 2.29. The SMILES string of the molecule is COC(=O)c1cc2c(OCC(F)(F)F)nccc2n1CCN.Cl. The van der Waals surface area contributed by atoms with Crippen molar-refractivity contribution in [3.05, 3.63) is 24.0 Å². The summed E-state index contributed by atoms with van der Waals surface area (Å²) in [6.45, 7) is -0.916. The van der Waals surface area contributed by atoms with Crippen molar-refractivity contribution in [3.63, 3.8) is 0 Å². The number of nitrogens with two attached hydrogens (primary N) is 1. The molecule has 0 aromatic carbocycles. The number of fused-ring (bicyclic) bond motifs is 1. The lowest BCUT2D eigenvalue weighted by molar-refractivity contribution is -0.153. The molecule has 2 aromatic heterocycles. The van der Waals surface area contributed by atoms with Crippen LogP contribution in [0.1, 0.15) is 10.5 Å². The minimum atomic E-state index is -4.48. The number of carbonyl (C=O) groups excluding carboxylic acids is 1. The number of pyridine rings is 1. The van der Waals surface area contributed by atoms with E-state index in [4.69, 9.17) is 10.5 Å². The van der Waals surface area contributed by atoms with Crippen LogP contribution < -0.4 is 10.5 Å². The third-order valence-corrected chi connectivity index (χ3v) is 2.91. The van der Waals surface area contributed by atoms with Crippen LogP contribution >= 0.6 is 12.4 Å².